The highest BCUT2D eigenvalue weighted by Crippen LogP contribution is 2.21. The Morgan fingerprint density at radius 1 is 1.17 bits per heavy atom. The summed E-state index contributed by atoms with van der Waals surface area (Å²) in [4.78, 5) is 12.1. The lowest BCUT2D eigenvalue weighted by molar-refractivity contribution is -0.124. The molecule has 0 bridgehead atoms. The van der Waals surface area contributed by atoms with E-state index in [0.29, 0.717) is 0 Å². The van der Waals surface area contributed by atoms with Crippen molar-refractivity contribution in [3.8, 4) is 0 Å². The first-order valence-electron chi connectivity index (χ1n) is 6.64. The molecule has 96 valence electrons. The number of amides is 1. The molecule has 18 heavy (non-hydrogen) atoms. The van der Waals surface area contributed by atoms with Crippen molar-refractivity contribution in [3.63, 3.8) is 0 Å². The molecule has 1 aliphatic heterocycles. The van der Waals surface area contributed by atoms with Crippen molar-refractivity contribution >= 4 is 5.91 Å². The maximum Gasteiger partial charge on any atom is 0.238 e. The van der Waals surface area contributed by atoms with Gasteiger partial charge in [0.15, 0.2) is 0 Å². The maximum absolute atomic E-state index is 12.1. The number of carbonyl (C=O) groups is 1. The van der Waals surface area contributed by atoms with E-state index in [9.17, 15) is 4.79 Å². The molecule has 0 radical (unpaired) electrons. The van der Waals surface area contributed by atoms with Crippen molar-refractivity contribution < 1.29 is 4.79 Å². The van der Waals surface area contributed by atoms with E-state index in [-0.39, 0.29) is 18.0 Å². The number of hydrogen-bond donors (Lipinski definition) is 3. The van der Waals surface area contributed by atoms with Gasteiger partial charge in [-0.25, -0.2) is 0 Å². The Morgan fingerprint density at radius 3 is 2.50 bits per heavy atom. The molecule has 1 aromatic rings. The average Bonchev–Trinajstić information content (AvgIpc) is 2.82. The number of piperazine rings is 1. The molecule has 1 amide bonds. The predicted molar refractivity (Wildman–Crippen MR) is 70.4 cm³/mol. The summed E-state index contributed by atoms with van der Waals surface area (Å²) in [6.45, 7) is 2.53. The number of carbonyl (C=O) groups excluding carboxylic acids is 1. The lowest BCUT2D eigenvalue weighted by Crippen LogP contribution is -2.57. The van der Waals surface area contributed by atoms with Gasteiger partial charge in [0.1, 0.15) is 0 Å². The zero-order valence-electron chi connectivity index (χ0n) is 10.4. The number of benzene rings is 1. The SMILES string of the molecule is O=C(NC1Cc2ccccc2C1)C1CNCCN1. The lowest BCUT2D eigenvalue weighted by atomic mass is 10.1. The molecule has 1 saturated heterocycles. The van der Waals surface area contributed by atoms with Crippen molar-refractivity contribution in [2.24, 2.45) is 0 Å². The Balaban J connectivity index is 1.57. The van der Waals surface area contributed by atoms with Crippen LogP contribution < -0.4 is 16.0 Å². The molecule has 0 spiro atoms. The topological polar surface area (TPSA) is 53.2 Å². The third-order valence-electron chi connectivity index (χ3n) is 3.75. The van der Waals surface area contributed by atoms with E-state index >= 15 is 0 Å². The van der Waals surface area contributed by atoms with E-state index < -0.39 is 0 Å². The van der Waals surface area contributed by atoms with Crippen LogP contribution in [0.2, 0.25) is 0 Å². The number of fused-ring (bicyclic) bond motifs is 1. The highest BCUT2D eigenvalue weighted by atomic mass is 16.2. The Labute approximate surface area is 107 Å². The van der Waals surface area contributed by atoms with Gasteiger partial charge < -0.3 is 16.0 Å². The Kier molecular flexibility index (Phi) is 3.30. The fraction of sp³-hybridized carbons (Fsp3) is 0.500. The summed E-state index contributed by atoms with van der Waals surface area (Å²) in [5, 5.41) is 9.63. The summed E-state index contributed by atoms with van der Waals surface area (Å²) in [5.74, 6) is 0.125. The van der Waals surface area contributed by atoms with Gasteiger partial charge in [0.25, 0.3) is 0 Å². The van der Waals surface area contributed by atoms with Crippen LogP contribution >= 0.6 is 0 Å². The van der Waals surface area contributed by atoms with Crippen molar-refractivity contribution in [3.05, 3.63) is 35.4 Å². The maximum atomic E-state index is 12.1. The average molecular weight is 245 g/mol. The Bertz CT molecular complexity index is 415. The summed E-state index contributed by atoms with van der Waals surface area (Å²) in [7, 11) is 0. The normalized spacial score (nSPS) is 23.7. The molecule has 4 heteroatoms. The molecule has 2 aliphatic rings. The smallest absolute Gasteiger partial charge is 0.238 e. The van der Waals surface area contributed by atoms with Crippen LogP contribution in [0.25, 0.3) is 0 Å². The van der Waals surface area contributed by atoms with Gasteiger partial charge in [-0.05, 0) is 24.0 Å². The molecule has 3 rings (SSSR count). The summed E-state index contributed by atoms with van der Waals surface area (Å²) in [6.07, 6.45) is 1.92. The molecule has 1 aliphatic carbocycles. The molecule has 4 nitrogen and oxygen atoms in total. The van der Waals surface area contributed by atoms with Crippen molar-refractivity contribution in [2.45, 2.75) is 24.9 Å². The first-order valence-corrected chi connectivity index (χ1v) is 6.64. The van der Waals surface area contributed by atoms with E-state index in [4.69, 9.17) is 0 Å². The minimum Gasteiger partial charge on any atom is -0.351 e. The fourth-order valence-electron chi connectivity index (χ4n) is 2.80. The number of rotatable bonds is 2. The van der Waals surface area contributed by atoms with Crippen LogP contribution in [0.4, 0.5) is 0 Å². The van der Waals surface area contributed by atoms with Crippen molar-refractivity contribution in [1.82, 2.24) is 16.0 Å². The van der Waals surface area contributed by atoms with Gasteiger partial charge in [-0.2, -0.15) is 0 Å². The molecular weight excluding hydrogens is 226 g/mol. The molecule has 3 N–H and O–H groups in total. The van der Waals surface area contributed by atoms with E-state index in [1.54, 1.807) is 0 Å². The number of nitrogens with one attached hydrogen (secondary N) is 3. The molecule has 0 aromatic heterocycles. The van der Waals surface area contributed by atoms with E-state index in [0.717, 1.165) is 32.5 Å². The highest BCUT2D eigenvalue weighted by molar-refractivity contribution is 5.82. The third kappa shape index (κ3) is 2.40. The standard InChI is InChI=1S/C14H19N3O/c18-14(13-9-15-5-6-16-13)17-12-7-10-3-1-2-4-11(10)8-12/h1-4,12-13,15-16H,5-9H2,(H,17,18). The van der Waals surface area contributed by atoms with Crippen LogP contribution in [0.5, 0.6) is 0 Å². The van der Waals surface area contributed by atoms with E-state index in [2.05, 4.69) is 40.2 Å². The molecular formula is C14H19N3O. The van der Waals surface area contributed by atoms with Gasteiger partial charge >= 0.3 is 0 Å². The fourth-order valence-corrected chi connectivity index (χ4v) is 2.80. The first kappa shape index (κ1) is 11.7. The zero-order chi connectivity index (χ0) is 12.4. The minimum absolute atomic E-state index is 0.0811. The summed E-state index contributed by atoms with van der Waals surface area (Å²) < 4.78 is 0. The van der Waals surface area contributed by atoms with Crippen LogP contribution in [0, 0.1) is 0 Å². The molecule has 1 heterocycles. The van der Waals surface area contributed by atoms with Crippen molar-refractivity contribution in [2.75, 3.05) is 19.6 Å². The minimum atomic E-state index is -0.0811. The second-order valence-electron chi connectivity index (χ2n) is 5.09. The predicted octanol–water partition coefficient (Wildman–Crippen LogP) is -0.169. The van der Waals surface area contributed by atoms with Crippen molar-refractivity contribution in [1.29, 1.82) is 0 Å². The van der Waals surface area contributed by atoms with E-state index in [1.807, 2.05) is 0 Å². The molecule has 1 atom stereocenters. The first-order chi connectivity index (χ1) is 8.83. The van der Waals surface area contributed by atoms with Gasteiger partial charge in [0.2, 0.25) is 5.91 Å². The monoisotopic (exact) mass is 245 g/mol. The summed E-state index contributed by atoms with van der Waals surface area (Å²) in [6, 6.07) is 8.62. The number of hydrogen-bond acceptors (Lipinski definition) is 3. The zero-order valence-corrected chi connectivity index (χ0v) is 10.4. The van der Waals surface area contributed by atoms with Gasteiger partial charge in [0, 0.05) is 25.7 Å². The summed E-state index contributed by atoms with van der Waals surface area (Å²) in [5.41, 5.74) is 2.75. The van der Waals surface area contributed by atoms with Crippen LogP contribution in [0.15, 0.2) is 24.3 Å². The van der Waals surface area contributed by atoms with Crippen LogP contribution in [0.3, 0.4) is 0 Å². The van der Waals surface area contributed by atoms with Gasteiger partial charge in [-0.15, -0.1) is 0 Å². The summed E-state index contributed by atoms with van der Waals surface area (Å²) >= 11 is 0. The van der Waals surface area contributed by atoms with Crippen LogP contribution in [-0.4, -0.2) is 37.6 Å². The highest BCUT2D eigenvalue weighted by Gasteiger charge is 2.26. The second kappa shape index (κ2) is 5.08. The van der Waals surface area contributed by atoms with Gasteiger partial charge in [-0.3, -0.25) is 4.79 Å². The van der Waals surface area contributed by atoms with Crippen LogP contribution in [-0.2, 0) is 17.6 Å². The Hall–Kier alpha value is -1.39. The van der Waals surface area contributed by atoms with Crippen LogP contribution in [0.1, 0.15) is 11.1 Å². The molecule has 0 saturated carbocycles. The molecule has 1 aromatic carbocycles. The molecule has 1 fully saturated rings. The third-order valence-corrected chi connectivity index (χ3v) is 3.75. The van der Waals surface area contributed by atoms with Gasteiger partial charge in [0.05, 0.1) is 6.04 Å². The Morgan fingerprint density at radius 2 is 1.89 bits per heavy atom. The second-order valence-corrected chi connectivity index (χ2v) is 5.09. The quantitative estimate of drug-likeness (QED) is 0.678. The van der Waals surface area contributed by atoms with Gasteiger partial charge in [-0.1, -0.05) is 24.3 Å². The lowest BCUT2D eigenvalue weighted by Gasteiger charge is -2.25. The largest absolute Gasteiger partial charge is 0.351 e. The molecule has 1 unspecified atom stereocenters. The van der Waals surface area contributed by atoms with E-state index in [1.165, 1.54) is 11.1 Å².